The largest absolute Gasteiger partial charge is 0.355 e. The van der Waals surface area contributed by atoms with Crippen LogP contribution in [0.3, 0.4) is 0 Å². The van der Waals surface area contributed by atoms with Crippen LogP contribution in [0.25, 0.3) is 0 Å². The fraction of sp³-hybridized carbons (Fsp3) is 0.417. The van der Waals surface area contributed by atoms with Gasteiger partial charge in [-0.1, -0.05) is 0 Å². The highest BCUT2D eigenvalue weighted by atomic mass is 32.2. The SMILES string of the molecule is CN(CC(=O)NCCc1cc(F)cc(F)c1)S(C)(=O)=O. The first kappa shape index (κ1) is 16.5. The number of likely N-dealkylation sites (N-methyl/N-ethyl adjacent to an activating group) is 1. The van der Waals surface area contributed by atoms with Crippen LogP contribution >= 0.6 is 0 Å². The van der Waals surface area contributed by atoms with Crippen LogP contribution in [-0.2, 0) is 21.2 Å². The molecule has 0 saturated heterocycles. The van der Waals surface area contributed by atoms with E-state index < -0.39 is 27.6 Å². The van der Waals surface area contributed by atoms with Crippen molar-refractivity contribution >= 4 is 15.9 Å². The molecule has 0 aliphatic heterocycles. The van der Waals surface area contributed by atoms with E-state index in [2.05, 4.69) is 5.32 Å². The Kier molecular flexibility index (Phi) is 5.58. The van der Waals surface area contributed by atoms with Gasteiger partial charge in [0.1, 0.15) is 11.6 Å². The molecule has 0 saturated carbocycles. The standard InChI is InChI=1S/C12H16F2N2O3S/c1-16(20(2,18)19)8-12(17)15-4-3-9-5-10(13)7-11(14)6-9/h5-7H,3-4,8H2,1-2H3,(H,15,17). The van der Waals surface area contributed by atoms with Crippen molar-refractivity contribution in [3.8, 4) is 0 Å². The van der Waals surface area contributed by atoms with Gasteiger partial charge in [-0.3, -0.25) is 4.79 Å². The number of benzene rings is 1. The molecule has 0 atom stereocenters. The Morgan fingerprint density at radius 3 is 2.30 bits per heavy atom. The molecule has 0 spiro atoms. The molecular weight excluding hydrogens is 290 g/mol. The van der Waals surface area contributed by atoms with E-state index in [-0.39, 0.29) is 19.5 Å². The Balaban J connectivity index is 2.42. The molecular formula is C12H16F2N2O3S. The summed E-state index contributed by atoms with van der Waals surface area (Å²) in [6, 6.07) is 3.12. The normalized spacial score (nSPS) is 11.7. The van der Waals surface area contributed by atoms with Crippen molar-refractivity contribution < 1.29 is 22.0 Å². The van der Waals surface area contributed by atoms with Crippen molar-refractivity contribution in [2.24, 2.45) is 0 Å². The zero-order chi connectivity index (χ0) is 15.3. The zero-order valence-electron chi connectivity index (χ0n) is 11.2. The second-order valence-electron chi connectivity index (χ2n) is 4.40. The van der Waals surface area contributed by atoms with Gasteiger partial charge in [0.2, 0.25) is 15.9 Å². The Morgan fingerprint density at radius 2 is 1.80 bits per heavy atom. The van der Waals surface area contributed by atoms with Gasteiger partial charge < -0.3 is 5.32 Å². The fourth-order valence-corrected chi connectivity index (χ4v) is 1.83. The summed E-state index contributed by atoms with van der Waals surface area (Å²) in [5.41, 5.74) is 0.416. The average Bonchev–Trinajstić information content (AvgIpc) is 2.26. The predicted molar refractivity (Wildman–Crippen MR) is 70.5 cm³/mol. The van der Waals surface area contributed by atoms with Crippen LogP contribution in [0, 0.1) is 11.6 Å². The van der Waals surface area contributed by atoms with Crippen LogP contribution in [0.15, 0.2) is 18.2 Å². The molecule has 0 aliphatic carbocycles. The molecule has 0 bridgehead atoms. The van der Waals surface area contributed by atoms with Gasteiger partial charge in [-0.25, -0.2) is 17.2 Å². The van der Waals surface area contributed by atoms with Crippen molar-refractivity contribution in [2.45, 2.75) is 6.42 Å². The summed E-state index contributed by atoms with van der Waals surface area (Å²) in [4.78, 5) is 11.5. The third-order valence-corrected chi connectivity index (χ3v) is 3.85. The van der Waals surface area contributed by atoms with E-state index in [9.17, 15) is 22.0 Å². The zero-order valence-corrected chi connectivity index (χ0v) is 12.0. The first-order valence-electron chi connectivity index (χ1n) is 5.81. The summed E-state index contributed by atoms with van der Waals surface area (Å²) in [6.45, 7) is -0.129. The quantitative estimate of drug-likeness (QED) is 0.833. The van der Waals surface area contributed by atoms with Gasteiger partial charge in [0.15, 0.2) is 0 Å². The Bertz CT molecular complexity index is 570. The number of halogens is 2. The smallest absolute Gasteiger partial charge is 0.235 e. The Hall–Kier alpha value is -1.54. The number of carbonyl (C=O) groups is 1. The maximum absolute atomic E-state index is 12.9. The number of nitrogens with zero attached hydrogens (tertiary/aromatic N) is 1. The van der Waals surface area contributed by atoms with E-state index in [0.717, 1.165) is 16.6 Å². The van der Waals surface area contributed by atoms with Gasteiger partial charge in [0.25, 0.3) is 0 Å². The lowest BCUT2D eigenvalue weighted by Gasteiger charge is -2.13. The first-order chi connectivity index (χ1) is 9.18. The Morgan fingerprint density at radius 1 is 1.25 bits per heavy atom. The van der Waals surface area contributed by atoms with E-state index in [1.165, 1.54) is 19.2 Å². The predicted octanol–water partition coefficient (Wildman–Crippen LogP) is 0.515. The van der Waals surface area contributed by atoms with Gasteiger partial charge in [0.05, 0.1) is 12.8 Å². The lowest BCUT2D eigenvalue weighted by molar-refractivity contribution is -0.121. The summed E-state index contributed by atoms with van der Waals surface area (Å²) in [7, 11) is -2.12. The van der Waals surface area contributed by atoms with E-state index in [0.29, 0.717) is 5.56 Å². The fourth-order valence-electron chi connectivity index (χ4n) is 1.48. The molecule has 0 fully saturated rings. The molecule has 5 nitrogen and oxygen atoms in total. The molecule has 1 aromatic rings. The maximum Gasteiger partial charge on any atom is 0.235 e. The Labute approximate surface area is 116 Å². The minimum absolute atomic E-state index is 0.166. The molecule has 20 heavy (non-hydrogen) atoms. The number of amides is 1. The molecule has 0 aliphatic rings. The summed E-state index contributed by atoms with van der Waals surface area (Å²) in [5, 5.41) is 2.48. The number of nitrogens with one attached hydrogen (secondary N) is 1. The molecule has 0 aromatic heterocycles. The minimum Gasteiger partial charge on any atom is -0.355 e. The number of sulfonamides is 1. The average molecular weight is 306 g/mol. The number of rotatable bonds is 6. The minimum atomic E-state index is -3.41. The van der Waals surface area contributed by atoms with E-state index in [4.69, 9.17) is 0 Å². The van der Waals surface area contributed by atoms with Gasteiger partial charge in [-0.05, 0) is 24.1 Å². The van der Waals surface area contributed by atoms with Crippen LogP contribution in [0.4, 0.5) is 8.78 Å². The maximum atomic E-state index is 12.9. The molecule has 1 rings (SSSR count). The van der Waals surface area contributed by atoms with Crippen LogP contribution in [0.5, 0.6) is 0 Å². The first-order valence-corrected chi connectivity index (χ1v) is 7.66. The molecule has 0 heterocycles. The van der Waals surface area contributed by atoms with Crippen LogP contribution in [0.1, 0.15) is 5.56 Å². The van der Waals surface area contributed by atoms with Crippen molar-refractivity contribution in [1.82, 2.24) is 9.62 Å². The summed E-state index contributed by atoms with van der Waals surface area (Å²) in [6.07, 6.45) is 1.25. The molecule has 1 N–H and O–H groups in total. The van der Waals surface area contributed by atoms with Crippen molar-refractivity contribution in [1.29, 1.82) is 0 Å². The number of hydrogen-bond acceptors (Lipinski definition) is 3. The highest BCUT2D eigenvalue weighted by molar-refractivity contribution is 7.88. The molecule has 1 aromatic carbocycles. The van der Waals surface area contributed by atoms with Gasteiger partial charge in [-0.15, -0.1) is 0 Å². The monoisotopic (exact) mass is 306 g/mol. The molecule has 1 amide bonds. The third kappa shape index (κ3) is 5.62. The van der Waals surface area contributed by atoms with E-state index in [1.807, 2.05) is 0 Å². The van der Waals surface area contributed by atoms with E-state index in [1.54, 1.807) is 0 Å². The number of carbonyl (C=O) groups excluding carboxylic acids is 1. The molecule has 0 radical (unpaired) electrons. The highest BCUT2D eigenvalue weighted by Gasteiger charge is 2.14. The summed E-state index contributed by atoms with van der Waals surface area (Å²) >= 11 is 0. The third-order valence-electron chi connectivity index (χ3n) is 2.59. The molecule has 112 valence electrons. The van der Waals surface area contributed by atoms with Crippen molar-refractivity contribution in [3.05, 3.63) is 35.4 Å². The van der Waals surface area contributed by atoms with Gasteiger partial charge in [-0.2, -0.15) is 4.31 Å². The summed E-state index contributed by atoms with van der Waals surface area (Å²) in [5.74, 6) is -1.83. The summed E-state index contributed by atoms with van der Waals surface area (Å²) < 4.78 is 48.9. The van der Waals surface area contributed by atoms with Gasteiger partial charge in [0, 0.05) is 19.7 Å². The van der Waals surface area contributed by atoms with E-state index >= 15 is 0 Å². The van der Waals surface area contributed by atoms with Crippen molar-refractivity contribution in [3.63, 3.8) is 0 Å². The topological polar surface area (TPSA) is 66.5 Å². The molecule has 0 unspecified atom stereocenters. The molecule has 8 heteroatoms. The van der Waals surface area contributed by atoms with Crippen molar-refractivity contribution in [2.75, 3.05) is 26.4 Å². The van der Waals surface area contributed by atoms with Crippen LogP contribution < -0.4 is 5.32 Å². The second kappa shape index (κ2) is 6.76. The van der Waals surface area contributed by atoms with Gasteiger partial charge >= 0.3 is 0 Å². The van der Waals surface area contributed by atoms with Crippen LogP contribution in [-0.4, -0.2) is 45.0 Å². The number of hydrogen-bond donors (Lipinski definition) is 1. The highest BCUT2D eigenvalue weighted by Crippen LogP contribution is 2.08. The lowest BCUT2D eigenvalue weighted by Crippen LogP contribution is -2.38. The van der Waals surface area contributed by atoms with Crippen LogP contribution in [0.2, 0.25) is 0 Å². The second-order valence-corrected chi connectivity index (χ2v) is 6.49. The lowest BCUT2D eigenvalue weighted by atomic mass is 10.1.